The van der Waals surface area contributed by atoms with E-state index < -0.39 is 6.10 Å². The van der Waals surface area contributed by atoms with Crippen molar-refractivity contribution in [1.29, 1.82) is 0 Å². The minimum atomic E-state index is -0.743. The Kier molecular flexibility index (Phi) is 4.25. The lowest BCUT2D eigenvalue weighted by atomic mass is 10.0. The van der Waals surface area contributed by atoms with Crippen LogP contribution in [-0.2, 0) is 6.42 Å². The topological polar surface area (TPSA) is 70.6 Å². The van der Waals surface area contributed by atoms with Gasteiger partial charge in [0.15, 0.2) is 0 Å². The lowest BCUT2D eigenvalue weighted by Gasteiger charge is -2.14. The normalized spacial score (nSPS) is 13.9. The van der Waals surface area contributed by atoms with Crippen LogP contribution < -0.4 is 15.4 Å². The van der Waals surface area contributed by atoms with Gasteiger partial charge in [0.1, 0.15) is 5.75 Å². The molecule has 1 aliphatic rings. The molecule has 114 valence electrons. The summed E-state index contributed by atoms with van der Waals surface area (Å²) in [4.78, 5) is 11.8. The number of carbonyl (C=O) groups is 1. The summed E-state index contributed by atoms with van der Waals surface area (Å²) in [5.74, 6) is 0.880. The van der Waals surface area contributed by atoms with E-state index in [1.807, 2.05) is 36.4 Å². The van der Waals surface area contributed by atoms with Crippen molar-refractivity contribution in [3.63, 3.8) is 0 Å². The van der Waals surface area contributed by atoms with Gasteiger partial charge in [-0.1, -0.05) is 24.3 Å². The van der Waals surface area contributed by atoms with Crippen molar-refractivity contribution in [2.45, 2.75) is 12.5 Å². The summed E-state index contributed by atoms with van der Waals surface area (Å²) in [5, 5.41) is 15.6. The molecular formula is C17H18N2O3. The molecule has 5 heteroatoms. The fourth-order valence-corrected chi connectivity index (χ4v) is 2.42. The van der Waals surface area contributed by atoms with Crippen molar-refractivity contribution in [2.24, 2.45) is 0 Å². The van der Waals surface area contributed by atoms with Crippen LogP contribution in [0.3, 0.4) is 0 Å². The molecule has 22 heavy (non-hydrogen) atoms. The molecule has 3 N–H and O–H groups in total. The first-order valence-electron chi connectivity index (χ1n) is 7.26. The average Bonchev–Trinajstić information content (AvgIpc) is 3.01. The SMILES string of the molecule is O=C(NCC(O)c1ccc2c(c1)CCO2)Nc1ccccc1. The summed E-state index contributed by atoms with van der Waals surface area (Å²) in [6.45, 7) is 0.838. The van der Waals surface area contributed by atoms with Crippen LogP contribution in [0.4, 0.5) is 10.5 Å². The van der Waals surface area contributed by atoms with Crippen LogP contribution in [0.15, 0.2) is 48.5 Å². The Hall–Kier alpha value is -2.53. The number of aliphatic hydroxyl groups excluding tert-OH is 1. The lowest BCUT2D eigenvalue weighted by molar-refractivity contribution is 0.175. The monoisotopic (exact) mass is 298 g/mol. The highest BCUT2D eigenvalue weighted by Gasteiger charge is 2.16. The zero-order valence-corrected chi connectivity index (χ0v) is 12.1. The van der Waals surface area contributed by atoms with E-state index in [-0.39, 0.29) is 12.6 Å². The number of benzene rings is 2. The van der Waals surface area contributed by atoms with Gasteiger partial charge < -0.3 is 20.5 Å². The second-order valence-electron chi connectivity index (χ2n) is 5.18. The molecule has 0 saturated carbocycles. The molecule has 0 aliphatic carbocycles. The van der Waals surface area contributed by atoms with Crippen LogP contribution in [0.25, 0.3) is 0 Å². The van der Waals surface area contributed by atoms with Crippen molar-refractivity contribution in [3.8, 4) is 5.75 Å². The minimum Gasteiger partial charge on any atom is -0.493 e. The van der Waals surface area contributed by atoms with Gasteiger partial charge in [-0.25, -0.2) is 4.79 Å². The molecule has 1 aliphatic heterocycles. The molecule has 0 bridgehead atoms. The third kappa shape index (κ3) is 3.38. The number of para-hydroxylation sites is 1. The molecule has 0 radical (unpaired) electrons. The van der Waals surface area contributed by atoms with Crippen LogP contribution in [0.1, 0.15) is 17.2 Å². The zero-order chi connectivity index (χ0) is 15.4. The first-order chi connectivity index (χ1) is 10.7. The highest BCUT2D eigenvalue weighted by molar-refractivity contribution is 5.89. The van der Waals surface area contributed by atoms with Crippen LogP contribution in [-0.4, -0.2) is 24.3 Å². The van der Waals surface area contributed by atoms with Crippen LogP contribution in [0, 0.1) is 0 Å². The largest absolute Gasteiger partial charge is 0.493 e. The molecule has 2 amide bonds. The van der Waals surface area contributed by atoms with Gasteiger partial charge in [0, 0.05) is 18.7 Å². The van der Waals surface area contributed by atoms with E-state index >= 15 is 0 Å². The average molecular weight is 298 g/mol. The Bertz CT molecular complexity index is 658. The standard InChI is InChI=1S/C17H18N2O3/c20-15(12-6-7-16-13(10-12)8-9-22-16)11-18-17(21)19-14-4-2-1-3-5-14/h1-7,10,15,20H,8-9,11H2,(H2,18,19,21). The van der Waals surface area contributed by atoms with Crippen LogP contribution in [0.5, 0.6) is 5.75 Å². The molecule has 0 spiro atoms. The Morgan fingerprint density at radius 3 is 2.86 bits per heavy atom. The number of ether oxygens (including phenoxy) is 1. The van der Waals surface area contributed by atoms with E-state index in [1.54, 1.807) is 12.1 Å². The fraction of sp³-hybridized carbons (Fsp3) is 0.235. The molecule has 1 heterocycles. The minimum absolute atomic E-state index is 0.151. The van der Waals surface area contributed by atoms with Crippen molar-refractivity contribution >= 4 is 11.7 Å². The van der Waals surface area contributed by atoms with E-state index in [0.29, 0.717) is 12.3 Å². The van der Waals surface area contributed by atoms with Gasteiger partial charge in [0.2, 0.25) is 0 Å². The zero-order valence-electron chi connectivity index (χ0n) is 12.1. The molecule has 0 fully saturated rings. The number of hydrogen-bond acceptors (Lipinski definition) is 3. The maximum absolute atomic E-state index is 11.8. The third-order valence-corrected chi connectivity index (χ3v) is 3.59. The quantitative estimate of drug-likeness (QED) is 0.812. The number of fused-ring (bicyclic) bond motifs is 1. The summed E-state index contributed by atoms with van der Waals surface area (Å²) >= 11 is 0. The highest BCUT2D eigenvalue weighted by atomic mass is 16.5. The summed E-state index contributed by atoms with van der Waals surface area (Å²) in [7, 11) is 0. The van der Waals surface area contributed by atoms with Crippen molar-refractivity contribution in [2.75, 3.05) is 18.5 Å². The van der Waals surface area contributed by atoms with E-state index in [4.69, 9.17) is 4.74 Å². The predicted molar refractivity (Wildman–Crippen MR) is 84.1 cm³/mol. The number of amides is 2. The van der Waals surface area contributed by atoms with Gasteiger partial charge >= 0.3 is 6.03 Å². The molecule has 3 rings (SSSR count). The number of hydrogen-bond donors (Lipinski definition) is 3. The van der Waals surface area contributed by atoms with E-state index in [1.165, 1.54) is 0 Å². The Labute approximate surface area is 128 Å². The highest BCUT2D eigenvalue weighted by Crippen LogP contribution is 2.27. The molecule has 0 aromatic heterocycles. The number of anilines is 1. The lowest BCUT2D eigenvalue weighted by Crippen LogP contribution is -2.32. The second kappa shape index (κ2) is 6.49. The Balaban J connectivity index is 1.53. The van der Waals surface area contributed by atoms with Gasteiger partial charge in [-0.15, -0.1) is 0 Å². The number of carbonyl (C=O) groups excluding carboxylic acids is 1. The van der Waals surface area contributed by atoms with Crippen molar-refractivity contribution < 1.29 is 14.6 Å². The molecule has 1 atom stereocenters. The van der Waals surface area contributed by atoms with Gasteiger partial charge in [-0.2, -0.15) is 0 Å². The maximum atomic E-state index is 11.8. The maximum Gasteiger partial charge on any atom is 0.319 e. The van der Waals surface area contributed by atoms with Gasteiger partial charge in [-0.3, -0.25) is 0 Å². The van der Waals surface area contributed by atoms with E-state index in [2.05, 4.69) is 10.6 Å². The first kappa shape index (κ1) is 14.4. The number of nitrogens with one attached hydrogen (secondary N) is 2. The smallest absolute Gasteiger partial charge is 0.319 e. The van der Waals surface area contributed by atoms with Crippen LogP contribution in [0.2, 0.25) is 0 Å². The Morgan fingerprint density at radius 1 is 1.23 bits per heavy atom. The van der Waals surface area contributed by atoms with Crippen molar-refractivity contribution in [3.05, 3.63) is 59.7 Å². The molecule has 2 aromatic carbocycles. The van der Waals surface area contributed by atoms with Crippen LogP contribution >= 0.6 is 0 Å². The molecule has 1 unspecified atom stereocenters. The molecule has 2 aromatic rings. The predicted octanol–water partition coefficient (Wildman–Crippen LogP) is 2.48. The van der Waals surface area contributed by atoms with Gasteiger partial charge in [0.25, 0.3) is 0 Å². The van der Waals surface area contributed by atoms with E-state index in [0.717, 1.165) is 23.3 Å². The van der Waals surface area contributed by atoms with Crippen molar-refractivity contribution in [1.82, 2.24) is 5.32 Å². The van der Waals surface area contributed by atoms with E-state index in [9.17, 15) is 9.90 Å². The summed E-state index contributed by atoms with van der Waals surface area (Å²) < 4.78 is 5.44. The second-order valence-corrected chi connectivity index (χ2v) is 5.18. The molecular weight excluding hydrogens is 280 g/mol. The van der Waals surface area contributed by atoms with Gasteiger partial charge in [0.05, 0.1) is 12.7 Å². The first-order valence-corrected chi connectivity index (χ1v) is 7.26. The number of aliphatic hydroxyl groups is 1. The number of urea groups is 1. The number of rotatable bonds is 4. The summed E-state index contributed by atoms with van der Waals surface area (Å²) in [6, 6.07) is 14.5. The molecule has 5 nitrogen and oxygen atoms in total. The summed E-state index contributed by atoms with van der Waals surface area (Å²) in [5.41, 5.74) is 2.60. The molecule has 0 saturated heterocycles. The summed E-state index contributed by atoms with van der Waals surface area (Å²) in [6.07, 6.45) is 0.116. The van der Waals surface area contributed by atoms with Gasteiger partial charge in [-0.05, 0) is 35.4 Å². The fourth-order valence-electron chi connectivity index (χ4n) is 2.42. The Morgan fingerprint density at radius 2 is 2.05 bits per heavy atom. The third-order valence-electron chi connectivity index (χ3n) is 3.59.